The number of nitrogens with one attached hydrogen (secondary N) is 1. The normalized spacial score (nSPS) is 16.0. The fraction of sp³-hybridized carbons (Fsp3) is 0.300. The number of hydrogen-bond donors (Lipinski definition) is 1. The van der Waals surface area contributed by atoms with E-state index in [0.29, 0.717) is 41.6 Å². The van der Waals surface area contributed by atoms with Gasteiger partial charge in [-0.15, -0.1) is 0 Å². The van der Waals surface area contributed by atoms with E-state index in [1.807, 2.05) is 4.90 Å². The highest BCUT2D eigenvalue weighted by Gasteiger charge is 2.31. The Kier molecular flexibility index (Phi) is 5.28. The van der Waals surface area contributed by atoms with Crippen molar-refractivity contribution in [3.05, 3.63) is 54.2 Å². The zero-order chi connectivity index (χ0) is 20.2. The maximum atomic E-state index is 13.0. The summed E-state index contributed by atoms with van der Waals surface area (Å²) < 4.78 is 5.28. The molecule has 4 rings (SSSR count). The highest BCUT2D eigenvalue weighted by molar-refractivity contribution is 5.95. The van der Waals surface area contributed by atoms with Crippen molar-refractivity contribution < 1.29 is 14.1 Å². The molecule has 0 saturated carbocycles. The lowest BCUT2D eigenvalue weighted by atomic mass is 10.1. The van der Waals surface area contributed by atoms with Gasteiger partial charge in [0.15, 0.2) is 5.82 Å². The van der Waals surface area contributed by atoms with E-state index in [0.717, 1.165) is 12.8 Å². The Balaban J connectivity index is 1.44. The van der Waals surface area contributed by atoms with Crippen LogP contribution in [-0.2, 0) is 11.2 Å². The van der Waals surface area contributed by atoms with Crippen LogP contribution in [-0.4, -0.2) is 49.4 Å². The largest absolute Gasteiger partial charge is 0.335 e. The first-order chi connectivity index (χ1) is 14.1. The lowest BCUT2D eigenvalue weighted by molar-refractivity contribution is -0.114. The van der Waals surface area contributed by atoms with Crippen LogP contribution in [0.15, 0.2) is 47.4 Å². The van der Waals surface area contributed by atoms with Crippen molar-refractivity contribution in [2.24, 2.45) is 0 Å². The first-order valence-corrected chi connectivity index (χ1v) is 9.38. The smallest absolute Gasteiger partial charge is 0.278 e. The van der Waals surface area contributed by atoms with Crippen molar-refractivity contribution in [1.29, 1.82) is 0 Å². The van der Waals surface area contributed by atoms with Crippen LogP contribution in [0.5, 0.6) is 0 Å². The van der Waals surface area contributed by atoms with E-state index < -0.39 is 0 Å². The molecule has 3 aromatic rings. The van der Waals surface area contributed by atoms with Gasteiger partial charge in [-0.25, -0.2) is 4.98 Å². The van der Waals surface area contributed by atoms with Crippen LogP contribution in [0.4, 0.5) is 5.69 Å². The second-order valence-corrected chi connectivity index (χ2v) is 6.86. The van der Waals surface area contributed by atoms with E-state index in [1.165, 1.54) is 6.92 Å². The molecule has 1 saturated heterocycles. The van der Waals surface area contributed by atoms with Crippen molar-refractivity contribution in [2.45, 2.75) is 32.2 Å². The fourth-order valence-electron chi connectivity index (χ4n) is 3.44. The van der Waals surface area contributed by atoms with Gasteiger partial charge in [0.25, 0.3) is 11.8 Å². The number of aromatic nitrogens is 4. The molecule has 9 nitrogen and oxygen atoms in total. The Labute approximate surface area is 167 Å². The molecular weight excluding hydrogens is 372 g/mol. The van der Waals surface area contributed by atoms with Crippen LogP contribution in [0.2, 0.25) is 0 Å². The molecule has 29 heavy (non-hydrogen) atoms. The van der Waals surface area contributed by atoms with Gasteiger partial charge in [0.2, 0.25) is 5.91 Å². The summed E-state index contributed by atoms with van der Waals surface area (Å²) >= 11 is 0. The molecule has 1 fully saturated rings. The minimum absolute atomic E-state index is 0.00447. The first-order valence-electron chi connectivity index (χ1n) is 9.38. The minimum atomic E-state index is -0.148. The molecule has 2 amide bonds. The molecule has 9 heteroatoms. The number of nitrogens with zero attached hydrogens (tertiary/aromatic N) is 5. The standard InChI is InChI=1S/C20H20N6O3/c1-13(27)23-15-6-4-14(5-7-15)20(28)26-10-2-3-16(26)11-18-24-19(29-25-18)17-12-21-8-9-22-17/h4-9,12,16H,2-3,10-11H2,1H3,(H,23,27). The van der Waals surface area contributed by atoms with Crippen LogP contribution in [0.3, 0.4) is 0 Å². The molecule has 0 bridgehead atoms. The third-order valence-electron chi connectivity index (χ3n) is 4.76. The molecule has 0 spiro atoms. The summed E-state index contributed by atoms with van der Waals surface area (Å²) in [6.07, 6.45) is 7.02. The molecule has 1 aromatic carbocycles. The lowest BCUT2D eigenvalue weighted by Crippen LogP contribution is -2.37. The number of rotatable bonds is 5. The van der Waals surface area contributed by atoms with Gasteiger partial charge < -0.3 is 14.7 Å². The van der Waals surface area contributed by atoms with E-state index in [9.17, 15) is 9.59 Å². The second kappa shape index (κ2) is 8.17. The maximum Gasteiger partial charge on any atom is 0.278 e. The number of hydrogen-bond acceptors (Lipinski definition) is 7. The summed E-state index contributed by atoms with van der Waals surface area (Å²) in [4.78, 5) is 38.5. The van der Waals surface area contributed by atoms with Crippen molar-refractivity contribution in [3.63, 3.8) is 0 Å². The summed E-state index contributed by atoms with van der Waals surface area (Å²) in [6, 6.07) is 6.91. The van der Waals surface area contributed by atoms with Gasteiger partial charge in [-0.2, -0.15) is 4.98 Å². The zero-order valence-corrected chi connectivity index (χ0v) is 15.9. The summed E-state index contributed by atoms with van der Waals surface area (Å²) in [5, 5.41) is 6.73. The second-order valence-electron chi connectivity index (χ2n) is 6.86. The minimum Gasteiger partial charge on any atom is -0.335 e. The Morgan fingerprint density at radius 1 is 1.24 bits per heavy atom. The lowest BCUT2D eigenvalue weighted by Gasteiger charge is -2.24. The fourth-order valence-corrected chi connectivity index (χ4v) is 3.44. The maximum absolute atomic E-state index is 13.0. The van der Waals surface area contributed by atoms with Gasteiger partial charge in [-0.1, -0.05) is 5.16 Å². The molecule has 148 valence electrons. The Hall–Kier alpha value is -3.62. The number of likely N-dealkylation sites (tertiary alicyclic amines) is 1. The average molecular weight is 392 g/mol. The summed E-state index contributed by atoms with van der Waals surface area (Å²) in [5.74, 6) is 0.665. The molecule has 2 aromatic heterocycles. The number of anilines is 1. The molecule has 1 unspecified atom stereocenters. The van der Waals surface area contributed by atoms with E-state index in [4.69, 9.17) is 4.52 Å². The van der Waals surface area contributed by atoms with Gasteiger partial charge in [-0.3, -0.25) is 14.6 Å². The quantitative estimate of drug-likeness (QED) is 0.709. The van der Waals surface area contributed by atoms with Gasteiger partial charge >= 0.3 is 0 Å². The molecule has 0 radical (unpaired) electrons. The van der Waals surface area contributed by atoms with Gasteiger partial charge in [0.1, 0.15) is 5.69 Å². The van der Waals surface area contributed by atoms with E-state index in [2.05, 4.69) is 25.4 Å². The van der Waals surface area contributed by atoms with Crippen LogP contribution < -0.4 is 5.32 Å². The van der Waals surface area contributed by atoms with Crippen molar-refractivity contribution in [2.75, 3.05) is 11.9 Å². The third kappa shape index (κ3) is 4.29. The van der Waals surface area contributed by atoms with E-state index >= 15 is 0 Å². The van der Waals surface area contributed by atoms with Crippen molar-refractivity contribution in [1.82, 2.24) is 25.0 Å². The highest BCUT2D eigenvalue weighted by Crippen LogP contribution is 2.24. The van der Waals surface area contributed by atoms with Crippen molar-refractivity contribution >= 4 is 17.5 Å². The Morgan fingerprint density at radius 3 is 2.79 bits per heavy atom. The molecule has 1 N–H and O–H groups in total. The van der Waals surface area contributed by atoms with Crippen LogP contribution >= 0.6 is 0 Å². The van der Waals surface area contributed by atoms with Gasteiger partial charge in [0.05, 0.1) is 6.20 Å². The van der Waals surface area contributed by atoms with Crippen molar-refractivity contribution in [3.8, 4) is 11.6 Å². The molecular formula is C20H20N6O3. The highest BCUT2D eigenvalue weighted by atomic mass is 16.5. The number of amides is 2. The SMILES string of the molecule is CC(=O)Nc1ccc(C(=O)N2CCCC2Cc2noc(-c3cnccn3)n2)cc1. The number of carbonyl (C=O) groups is 2. The molecule has 1 atom stereocenters. The zero-order valence-electron chi connectivity index (χ0n) is 15.9. The van der Waals surface area contributed by atoms with E-state index in [1.54, 1.807) is 42.9 Å². The summed E-state index contributed by atoms with van der Waals surface area (Å²) in [7, 11) is 0. The summed E-state index contributed by atoms with van der Waals surface area (Å²) in [6.45, 7) is 2.13. The van der Waals surface area contributed by atoms with Gasteiger partial charge in [-0.05, 0) is 37.1 Å². The molecule has 1 aliphatic rings. The number of carbonyl (C=O) groups excluding carboxylic acids is 2. The van der Waals surface area contributed by atoms with Crippen LogP contribution in [0.1, 0.15) is 35.9 Å². The molecule has 0 aliphatic carbocycles. The Bertz CT molecular complexity index is 1000. The topological polar surface area (TPSA) is 114 Å². The first kappa shape index (κ1) is 18.7. The Morgan fingerprint density at radius 2 is 2.07 bits per heavy atom. The van der Waals surface area contributed by atoms with E-state index in [-0.39, 0.29) is 17.9 Å². The predicted molar refractivity (Wildman–Crippen MR) is 104 cm³/mol. The number of benzene rings is 1. The average Bonchev–Trinajstić information content (AvgIpc) is 3.38. The molecule has 3 heterocycles. The predicted octanol–water partition coefficient (Wildman–Crippen LogP) is 2.33. The molecule has 1 aliphatic heterocycles. The monoisotopic (exact) mass is 392 g/mol. The van der Waals surface area contributed by atoms with Crippen LogP contribution in [0.25, 0.3) is 11.6 Å². The van der Waals surface area contributed by atoms with Crippen LogP contribution in [0, 0.1) is 0 Å². The van der Waals surface area contributed by atoms with Gasteiger partial charge in [0, 0.05) is 49.6 Å². The summed E-state index contributed by atoms with van der Waals surface area (Å²) in [5.41, 5.74) is 1.76. The third-order valence-corrected chi connectivity index (χ3v) is 4.76.